The maximum Gasteiger partial charge on any atom is 0.277 e. The molecule has 2 unspecified atom stereocenters. The summed E-state index contributed by atoms with van der Waals surface area (Å²) < 4.78 is 7.66. The highest BCUT2D eigenvalue weighted by Gasteiger charge is 2.25. The fourth-order valence-corrected chi connectivity index (χ4v) is 4.05. The van der Waals surface area contributed by atoms with Crippen LogP contribution < -0.4 is 15.5 Å². The van der Waals surface area contributed by atoms with Gasteiger partial charge in [-0.05, 0) is 51.9 Å². The summed E-state index contributed by atoms with van der Waals surface area (Å²) >= 11 is 0. The molecule has 2 aromatic rings. The van der Waals surface area contributed by atoms with Crippen molar-refractivity contribution in [2.45, 2.75) is 44.9 Å². The van der Waals surface area contributed by atoms with E-state index in [2.05, 4.69) is 39.7 Å². The lowest BCUT2D eigenvalue weighted by atomic mass is 10.1. The van der Waals surface area contributed by atoms with Gasteiger partial charge in [0.2, 0.25) is 0 Å². The second kappa shape index (κ2) is 8.28. The summed E-state index contributed by atoms with van der Waals surface area (Å²) in [5.41, 5.74) is 2.13. The van der Waals surface area contributed by atoms with E-state index in [1.807, 2.05) is 28.9 Å². The lowest BCUT2D eigenvalue weighted by Gasteiger charge is -2.37. The molecule has 28 heavy (non-hydrogen) atoms. The van der Waals surface area contributed by atoms with Gasteiger partial charge in [0.15, 0.2) is 5.69 Å². The molecule has 2 aliphatic heterocycles. The quantitative estimate of drug-likeness (QED) is 0.840. The lowest BCUT2D eigenvalue weighted by Crippen LogP contribution is -2.45. The van der Waals surface area contributed by atoms with Crippen LogP contribution in [0.5, 0.6) is 0 Å². The first-order valence-corrected chi connectivity index (χ1v) is 10.0. The number of amides is 1. The van der Waals surface area contributed by atoms with E-state index < -0.39 is 0 Å². The van der Waals surface area contributed by atoms with Gasteiger partial charge in [0.05, 0.1) is 35.8 Å². The van der Waals surface area contributed by atoms with Crippen molar-refractivity contribution in [2.75, 3.05) is 36.4 Å². The number of aromatic nitrogens is 3. The first-order valence-electron chi connectivity index (χ1n) is 10.0. The van der Waals surface area contributed by atoms with Gasteiger partial charge in [0.1, 0.15) is 0 Å². The molecule has 2 N–H and O–H groups in total. The molecule has 2 atom stereocenters. The number of para-hydroxylation sites is 2. The Kier molecular flexibility index (Phi) is 5.59. The topological polar surface area (TPSA) is 84.3 Å². The number of ether oxygens (including phenoxy) is 1. The van der Waals surface area contributed by atoms with Gasteiger partial charge in [0.25, 0.3) is 5.91 Å². The van der Waals surface area contributed by atoms with Crippen molar-refractivity contribution in [1.29, 1.82) is 0 Å². The van der Waals surface area contributed by atoms with Crippen LogP contribution in [0, 0.1) is 0 Å². The van der Waals surface area contributed by atoms with Crippen LogP contribution in [0.15, 0.2) is 30.5 Å². The molecule has 150 valence electrons. The van der Waals surface area contributed by atoms with Gasteiger partial charge in [-0.15, -0.1) is 5.10 Å². The van der Waals surface area contributed by atoms with Gasteiger partial charge >= 0.3 is 0 Å². The van der Waals surface area contributed by atoms with Crippen LogP contribution in [0.25, 0.3) is 0 Å². The smallest absolute Gasteiger partial charge is 0.277 e. The van der Waals surface area contributed by atoms with E-state index in [4.69, 9.17) is 4.74 Å². The summed E-state index contributed by atoms with van der Waals surface area (Å²) in [7, 11) is 0. The number of carbonyl (C=O) groups excluding carboxylic acids is 1. The van der Waals surface area contributed by atoms with Crippen LogP contribution in [0.4, 0.5) is 11.4 Å². The van der Waals surface area contributed by atoms with E-state index in [0.29, 0.717) is 11.7 Å². The van der Waals surface area contributed by atoms with E-state index in [1.54, 1.807) is 6.20 Å². The van der Waals surface area contributed by atoms with Gasteiger partial charge in [-0.1, -0.05) is 17.3 Å². The molecule has 4 rings (SSSR count). The second-order valence-electron chi connectivity index (χ2n) is 7.70. The van der Waals surface area contributed by atoms with E-state index >= 15 is 0 Å². The molecule has 1 aromatic heterocycles. The molecule has 8 nitrogen and oxygen atoms in total. The largest absolute Gasteiger partial charge is 0.372 e. The molecule has 3 heterocycles. The molecule has 0 bridgehead atoms. The van der Waals surface area contributed by atoms with E-state index in [9.17, 15) is 4.79 Å². The first kappa shape index (κ1) is 18.9. The number of nitrogens with zero attached hydrogens (tertiary/aromatic N) is 4. The zero-order valence-corrected chi connectivity index (χ0v) is 16.5. The number of piperidine rings is 1. The third kappa shape index (κ3) is 4.18. The summed E-state index contributed by atoms with van der Waals surface area (Å²) in [5, 5.41) is 14.6. The minimum absolute atomic E-state index is 0.150. The third-order valence-corrected chi connectivity index (χ3v) is 5.34. The number of morpholine rings is 1. The normalized spacial score (nSPS) is 23.6. The molecule has 2 fully saturated rings. The number of rotatable bonds is 4. The Balaban J connectivity index is 1.48. The molecule has 1 amide bonds. The van der Waals surface area contributed by atoms with Crippen molar-refractivity contribution in [3.63, 3.8) is 0 Å². The molecule has 0 aliphatic carbocycles. The van der Waals surface area contributed by atoms with Gasteiger partial charge in [-0.25, -0.2) is 4.68 Å². The number of carbonyl (C=O) groups is 1. The molecule has 1 aromatic carbocycles. The van der Waals surface area contributed by atoms with Gasteiger partial charge in [-0.2, -0.15) is 0 Å². The SMILES string of the molecule is CC1CN(c2ccccc2NC(=O)c2cn(C3CCNCC3)nn2)CC(C)O1. The Labute approximate surface area is 165 Å². The maximum absolute atomic E-state index is 12.8. The third-order valence-electron chi connectivity index (χ3n) is 5.34. The molecular weight excluding hydrogens is 356 g/mol. The Morgan fingerprint density at radius 1 is 1.18 bits per heavy atom. The molecule has 2 saturated heterocycles. The zero-order chi connectivity index (χ0) is 19.5. The van der Waals surface area contributed by atoms with Crippen LogP contribution in [0.3, 0.4) is 0 Å². The van der Waals surface area contributed by atoms with Crippen LogP contribution in [-0.2, 0) is 4.74 Å². The fraction of sp³-hybridized carbons (Fsp3) is 0.550. The molecule has 0 spiro atoms. The number of nitrogens with one attached hydrogen (secondary N) is 2. The fourth-order valence-electron chi connectivity index (χ4n) is 4.05. The molecule has 0 saturated carbocycles. The summed E-state index contributed by atoms with van der Waals surface area (Å²) in [6, 6.07) is 8.18. The number of hydrogen-bond donors (Lipinski definition) is 2. The Morgan fingerprint density at radius 2 is 1.89 bits per heavy atom. The van der Waals surface area contributed by atoms with Crippen molar-refractivity contribution >= 4 is 17.3 Å². The standard InChI is InChI=1S/C20H28N6O2/c1-14-11-25(12-15(2)28-14)19-6-4-3-5-17(19)22-20(27)18-13-26(24-23-18)16-7-9-21-10-8-16/h3-6,13-16,21H,7-12H2,1-2H3,(H,22,27). The molecular formula is C20H28N6O2. The minimum atomic E-state index is -0.234. The average molecular weight is 384 g/mol. The van der Waals surface area contributed by atoms with Crippen molar-refractivity contribution in [3.05, 3.63) is 36.2 Å². The van der Waals surface area contributed by atoms with Crippen LogP contribution in [-0.4, -0.2) is 59.3 Å². The summed E-state index contributed by atoms with van der Waals surface area (Å²) in [4.78, 5) is 15.1. The summed E-state index contributed by atoms with van der Waals surface area (Å²) in [5.74, 6) is -0.234. The minimum Gasteiger partial charge on any atom is -0.372 e. The van der Waals surface area contributed by atoms with Crippen molar-refractivity contribution < 1.29 is 9.53 Å². The van der Waals surface area contributed by atoms with Gasteiger partial charge < -0.3 is 20.3 Å². The highest BCUT2D eigenvalue weighted by Crippen LogP contribution is 2.29. The number of anilines is 2. The molecule has 8 heteroatoms. The Hall–Kier alpha value is -2.45. The predicted molar refractivity (Wildman–Crippen MR) is 108 cm³/mol. The highest BCUT2D eigenvalue weighted by molar-refractivity contribution is 6.04. The van der Waals surface area contributed by atoms with E-state index in [0.717, 1.165) is 50.4 Å². The van der Waals surface area contributed by atoms with Crippen LogP contribution >= 0.6 is 0 Å². The summed E-state index contributed by atoms with van der Waals surface area (Å²) in [6.45, 7) is 7.67. The van der Waals surface area contributed by atoms with Crippen molar-refractivity contribution in [3.8, 4) is 0 Å². The highest BCUT2D eigenvalue weighted by atomic mass is 16.5. The monoisotopic (exact) mass is 384 g/mol. The first-order chi connectivity index (χ1) is 13.6. The Morgan fingerprint density at radius 3 is 2.64 bits per heavy atom. The zero-order valence-electron chi connectivity index (χ0n) is 16.5. The van der Waals surface area contributed by atoms with Crippen LogP contribution in [0.2, 0.25) is 0 Å². The van der Waals surface area contributed by atoms with Gasteiger partial charge in [-0.3, -0.25) is 4.79 Å². The average Bonchev–Trinajstić information content (AvgIpc) is 3.19. The van der Waals surface area contributed by atoms with Crippen molar-refractivity contribution in [2.24, 2.45) is 0 Å². The molecule has 2 aliphatic rings. The van der Waals surface area contributed by atoms with E-state index in [-0.39, 0.29) is 18.1 Å². The predicted octanol–water partition coefficient (Wildman–Crippen LogP) is 2.07. The lowest BCUT2D eigenvalue weighted by molar-refractivity contribution is -0.00517. The van der Waals surface area contributed by atoms with Crippen LogP contribution in [0.1, 0.15) is 43.2 Å². The van der Waals surface area contributed by atoms with E-state index in [1.165, 1.54) is 0 Å². The number of hydrogen-bond acceptors (Lipinski definition) is 6. The maximum atomic E-state index is 12.8. The molecule has 0 radical (unpaired) electrons. The Bertz CT molecular complexity index is 807. The number of benzene rings is 1. The van der Waals surface area contributed by atoms with Gasteiger partial charge in [0, 0.05) is 13.1 Å². The second-order valence-corrected chi connectivity index (χ2v) is 7.70. The van der Waals surface area contributed by atoms with Crippen molar-refractivity contribution in [1.82, 2.24) is 20.3 Å². The summed E-state index contributed by atoms with van der Waals surface area (Å²) in [6.07, 6.45) is 4.06.